The van der Waals surface area contributed by atoms with Crippen molar-refractivity contribution in [2.24, 2.45) is 0 Å². The van der Waals surface area contributed by atoms with Crippen molar-refractivity contribution < 1.29 is 14.3 Å². The summed E-state index contributed by atoms with van der Waals surface area (Å²) in [5, 5.41) is 3.56. The Hall–Kier alpha value is -1.75. The molecule has 1 aromatic carbocycles. The van der Waals surface area contributed by atoms with E-state index in [9.17, 15) is 4.79 Å². The van der Waals surface area contributed by atoms with Gasteiger partial charge in [-0.3, -0.25) is 0 Å². The highest BCUT2D eigenvalue weighted by atomic mass is 16.5. The number of nitrogens with zero attached hydrogens (tertiary/aromatic N) is 1. The fraction of sp³-hybridized carbons (Fsp3) is 0.562. The Bertz CT molecular complexity index is 457. The summed E-state index contributed by atoms with van der Waals surface area (Å²) in [4.78, 5) is 13.2. The SMILES string of the molecule is CCOc1ccccc1CNC1CCN(C(=O)OC)CC1. The quantitative estimate of drug-likeness (QED) is 0.905. The standard InChI is InChI=1S/C16H24N2O3/c1-3-21-15-7-5-4-6-13(15)12-17-14-8-10-18(11-9-14)16(19)20-2/h4-7,14,17H,3,8-12H2,1-2H3. The van der Waals surface area contributed by atoms with Crippen molar-refractivity contribution in [1.29, 1.82) is 0 Å². The number of para-hydroxylation sites is 1. The molecule has 0 unspecified atom stereocenters. The van der Waals surface area contributed by atoms with E-state index in [0.717, 1.165) is 38.2 Å². The zero-order valence-corrected chi connectivity index (χ0v) is 12.8. The maximum Gasteiger partial charge on any atom is 0.409 e. The molecule has 1 aliphatic rings. The monoisotopic (exact) mass is 292 g/mol. The Kier molecular flexibility index (Phi) is 5.87. The molecule has 1 saturated heterocycles. The van der Waals surface area contributed by atoms with Crippen LogP contribution in [0.3, 0.4) is 0 Å². The van der Waals surface area contributed by atoms with E-state index in [1.807, 2.05) is 25.1 Å². The number of nitrogens with one attached hydrogen (secondary N) is 1. The number of likely N-dealkylation sites (tertiary alicyclic amines) is 1. The van der Waals surface area contributed by atoms with Gasteiger partial charge in [0.15, 0.2) is 0 Å². The van der Waals surface area contributed by atoms with Crippen molar-refractivity contribution in [1.82, 2.24) is 10.2 Å². The van der Waals surface area contributed by atoms with E-state index < -0.39 is 0 Å². The first kappa shape index (κ1) is 15.6. The number of ether oxygens (including phenoxy) is 2. The second-order valence-electron chi connectivity index (χ2n) is 5.15. The first-order chi connectivity index (χ1) is 10.2. The first-order valence-corrected chi connectivity index (χ1v) is 7.51. The Morgan fingerprint density at radius 1 is 1.33 bits per heavy atom. The fourth-order valence-corrected chi connectivity index (χ4v) is 2.60. The first-order valence-electron chi connectivity index (χ1n) is 7.51. The van der Waals surface area contributed by atoms with Crippen LogP contribution in [0.1, 0.15) is 25.3 Å². The Labute approximate surface area is 126 Å². The summed E-state index contributed by atoms with van der Waals surface area (Å²) in [6, 6.07) is 8.53. The molecule has 1 heterocycles. The van der Waals surface area contributed by atoms with Gasteiger partial charge in [-0.25, -0.2) is 4.79 Å². The van der Waals surface area contributed by atoms with E-state index in [4.69, 9.17) is 9.47 Å². The minimum atomic E-state index is -0.227. The van der Waals surface area contributed by atoms with Gasteiger partial charge in [0.1, 0.15) is 5.75 Å². The number of carbonyl (C=O) groups excluding carboxylic acids is 1. The second kappa shape index (κ2) is 7.88. The Morgan fingerprint density at radius 3 is 2.71 bits per heavy atom. The minimum Gasteiger partial charge on any atom is -0.494 e. The number of hydrogen-bond acceptors (Lipinski definition) is 4. The smallest absolute Gasteiger partial charge is 0.409 e. The maximum atomic E-state index is 11.4. The van der Waals surface area contributed by atoms with Crippen LogP contribution in [0.2, 0.25) is 0 Å². The van der Waals surface area contributed by atoms with Gasteiger partial charge in [-0.15, -0.1) is 0 Å². The summed E-state index contributed by atoms with van der Waals surface area (Å²) in [6.45, 7) is 4.95. The van der Waals surface area contributed by atoms with Gasteiger partial charge in [0.2, 0.25) is 0 Å². The summed E-state index contributed by atoms with van der Waals surface area (Å²) in [5.74, 6) is 0.944. The molecule has 2 rings (SSSR count). The molecule has 1 N–H and O–H groups in total. The van der Waals surface area contributed by atoms with Crippen LogP contribution in [0.4, 0.5) is 4.79 Å². The zero-order valence-electron chi connectivity index (χ0n) is 12.8. The number of rotatable bonds is 5. The van der Waals surface area contributed by atoms with Crippen molar-refractivity contribution in [2.45, 2.75) is 32.4 Å². The molecule has 116 valence electrons. The number of benzene rings is 1. The van der Waals surface area contributed by atoms with Gasteiger partial charge in [-0.1, -0.05) is 18.2 Å². The molecule has 0 bridgehead atoms. The largest absolute Gasteiger partial charge is 0.494 e. The van der Waals surface area contributed by atoms with Gasteiger partial charge in [0.05, 0.1) is 13.7 Å². The van der Waals surface area contributed by atoms with Gasteiger partial charge >= 0.3 is 6.09 Å². The fourth-order valence-electron chi connectivity index (χ4n) is 2.60. The number of hydrogen-bond donors (Lipinski definition) is 1. The lowest BCUT2D eigenvalue weighted by Gasteiger charge is -2.31. The summed E-state index contributed by atoms with van der Waals surface area (Å²) in [6.07, 6.45) is 1.67. The molecule has 1 aliphatic heterocycles. The maximum absolute atomic E-state index is 11.4. The normalized spacial score (nSPS) is 15.8. The highest BCUT2D eigenvalue weighted by Crippen LogP contribution is 2.19. The molecule has 1 aromatic rings. The molecular formula is C16H24N2O3. The lowest BCUT2D eigenvalue weighted by molar-refractivity contribution is 0.109. The molecule has 0 saturated carbocycles. The van der Waals surface area contributed by atoms with Gasteiger partial charge in [-0.2, -0.15) is 0 Å². The lowest BCUT2D eigenvalue weighted by Crippen LogP contribution is -2.44. The molecule has 1 amide bonds. The Morgan fingerprint density at radius 2 is 2.05 bits per heavy atom. The molecular weight excluding hydrogens is 268 g/mol. The average molecular weight is 292 g/mol. The minimum absolute atomic E-state index is 0.227. The van der Waals surface area contributed by atoms with Crippen molar-refractivity contribution in [3.63, 3.8) is 0 Å². The number of amides is 1. The van der Waals surface area contributed by atoms with Crippen LogP contribution in [0.25, 0.3) is 0 Å². The van der Waals surface area contributed by atoms with E-state index in [0.29, 0.717) is 12.6 Å². The molecule has 0 spiro atoms. The van der Waals surface area contributed by atoms with Crippen LogP contribution in [0, 0.1) is 0 Å². The van der Waals surface area contributed by atoms with Gasteiger partial charge in [0, 0.05) is 31.2 Å². The average Bonchev–Trinajstić information content (AvgIpc) is 2.54. The third kappa shape index (κ3) is 4.36. The van der Waals surface area contributed by atoms with Crippen LogP contribution in [-0.2, 0) is 11.3 Å². The van der Waals surface area contributed by atoms with Gasteiger partial charge in [0.25, 0.3) is 0 Å². The van der Waals surface area contributed by atoms with Crippen molar-refractivity contribution >= 4 is 6.09 Å². The Balaban J connectivity index is 1.81. The van der Waals surface area contributed by atoms with E-state index in [2.05, 4.69) is 11.4 Å². The van der Waals surface area contributed by atoms with Crippen LogP contribution < -0.4 is 10.1 Å². The summed E-state index contributed by atoms with van der Waals surface area (Å²) in [5.41, 5.74) is 1.18. The highest BCUT2D eigenvalue weighted by Gasteiger charge is 2.22. The number of methoxy groups -OCH3 is 1. The molecule has 0 atom stereocenters. The van der Waals surface area contributed by atoms with Gasteiger partial charge in [-0.05, 0) is 25.8 Å². The molecule has 5 nitrogen and oxygen atoms in total. The van der Waals surface area contributed by atoms with Gasteiger partial charge < -0.3 is 19.7 Å². The van der Waals surface area contributed by atoms with Crippen molar-refractivity contribution in [3.8, 4) is 5.75 Å². The topological polar surface area (TPSA) is 50.8 Å². The summed E-state index contributed by atoms with van der Waals surface area (Å²) in [7, 11) is 1.43. The number of piperidine rings is 1. The third-order valence-corrected chi connectivity index (χ3v) is 3.78. The lowest BCUT2D eigenvalue weighted by atomic mass is 10.0. The molecule has 0 aliphatic carbocycles. The molecule has 21 heavy (non-hydrogen) atoms. The predicted molar refractivity (Wildman–Crippen MR) is 81.5 cm³/mol. The third-order valence-electron chi connectivity index (χ3n) is 3.78. The number of carbonyl (C=O) groups is 1. The van der Waals surface area contributed by atoms with Crippen molar-refractivity contribution in [2.75, 3.05) is 26.8 Å². The molecule has 1 fully saturated rings. The van der Waals surface area contributed by atoms with E-state index in [1.54, 1.807) is 4.90 Å². The summed E-state index contributed by atoms with van der Waals surface area (Å²) < 4.78 is 10.4. The van der Waals surface area contributed by atoms with E-state index in [-0.39, 0.29) is 6.09 Å². The molecule has 5 heteroatoms. The van der Waals surface area contributed by atoms with E-state index >= 15 is 0 Å². The summed E-state index contributed by atoms with van der Waals surface area (Å²) >= 11 is 0. The molecule has 0 aromatic heterocycles. The van der Waals surface area contributed by atoms with E-state index in [1.165, 1.54) is 12.7 Å². The predicted octanol–water partition coefficient (Wildman–Crippen LogP) is 2.41. The zero-order chi connectivity index (χ0) is 15.1. The second-order valence-corrected chi connectivity index (χ2v) is 5.15. The van der Waals surface area contributed by atoms with Crippen LogP contribution in [0.15, 0.2) is 24.3 Å². The molecule has 0 radical (unpaired) electrons. The van der Waals surface area contributed by atoms with Crippen LogP contribution in [0.5, 0.6) is 5.75 Å². The highest BCUT2D eigenvalue weighted by molar-refractivity contribution is 5.67. The van der Waals surface area contributed by atoms with Crippen LogP contribution >= 0.6 is 0 Å². The van der Waals surface area contributed by atoms with Crippen molar-refractivity contribution in [3.05, 3.63) is 29.8 Å². The van der Waals surface area contributed by atoms with Crippen LogP contribution in [-0.4, -0.2) is 43.8 Å².